The second-order valence-corrected chi connectivity index (χ2v) is 4.31. The van der Waals surface area contributed by atoms with Gasteiger partial charge in [-0.2, -0.15) is 0 Å². The lowest BCUT2D eigenvalue weighted by Gasteiger charge is -2.24. The van der Waals surface area contributed by atoms with Crippen LogP contribution >= 0.6 is 0 Å². The molecule has 17 heavy (non-hydrogen) atoms. The van der Waals surface area contributed by atoms with Crippen LogP contribution in [0.5, 0.6) is 0 Å². The Balaban J connectivity index is 2.17. The molecule has 3 nitrogen and oxygen atoms in total. The first-order valence-corrected chi connectivity index (χ1v) is 5.79. The van der Waals surface area contributed by atoms with Crippen LogP contribution in [0, 0.1) is 5.82 Å². The van der Waals surface area contributed by atoms with Crippen LogP contribution in [0.15, 0.2) is 18.2 Å². The maximum atomic E-state index is 13.7. The number of likely N-dealkylation sites (N-methyl/N-ethyl adjacent to an activating group) is 1. The standard InChI is InChI=1S/C13H16FNO2/c1-15(8-11-5-3-7-17-11)13-10(9-16)4-2-6-12(13)14/h2,4,6,9,11H,3,5,7-8H2,1H3. The average molecular weight is 237 g/mol. The molecule has 1 heterocycles. The molecule has 0 bridgehead atoms. The number of carbonyl (C=O) groups is 1. The summed E-state index contributed by atoms with van der Waals surface area (Å²) in [7, 11) is 1.78. The first kappa shape index (κ1) is 12.0. The predicted octanol–water partition coefficient (Wildman–Crippen LogP) is 2.25. The lowest BCUT2D eigenvalue weighted by Crippen LogP contribution is -2.30. The Bertz CT molecular complexity index is 402. The van der Waals surface area contributed by atoms with E-state index >= 15 is 0 Å². The summed E-state index contributed by atoms with van der Waals surface area (Å²) >= 11 is 0. The van der Waals surface area contributed by atoms with E-state index in [2.05, 4.69) is 0 Å². The third-order valence-electron chi connectivity index (χ3n) is 3.03. The number of para-hydroxylation sites is 1. The Morgan fingerprint density at radius 2 is 2.41 bits per heavy atom. The van der Waals surface area contributed by atoms with Crippen LogP contribution in [0.25, 0.3) is 0 Å². The van der Waals surface area contributed by atoms with E-state index in [1.807, 2.05) is 0 Å². The third kappa shape index (κ3) is 2.64. The highest BCUT2D eigenvalue weighted by atomic mass is 19.1. The van der Waals surface area contributed by atoms with Gasteiger partial charge >= 0.3 is 0 Å². The molecule has 1 unspecified atom stereocenters. The first-order chi connectivity index (χ1) is 8.22. The second kappa shape index (κ2) is 5.27. The first-order valence-electron chi connectivity index (χ1n) is 5.79. The minimum absolute atomic E-state index is 0.138. The fourth-order valence-corrected chi connectivity index (χ4v) is 2.21. The van der Waals surface area contributed by atoms with Crippen LogP contribution in [0.1, 0.15) is 23.2 Å². The number of benzene rings is 1. The van der Waals surface area contributed by atoms with E-state index in [9.17, 15) is 9.18 Å². The fourth-order valence-electron chi connectivity index (χ4n) is 2.21. The van der Waals surface area contributed by atoms with Crippen molar-refractivity contribution in [3.63, 3.8) is 0 Å². The van der Waals surface area contributed by atoms with Crippen molar-refractivity contribution in [1.82, 2.24) is 0 Å². The zero-order valence-corrected chi connectivity index (χ0v) is 9.86. The van der Waals surface area contributed by atoms with Gasteiger partial charge in [-0.25, -0.2) is 4.39 Å². The Labute approximate surface area is 100 Å². The minimum atomic E-state index is -0.366. The van der Waals surface area contributed by atoms with Gasteiger partial charge in [0, 0.05) is 25.8 Å². The zero-order valence-electron chi connectivity index (χ0n) is 9.86. The largest absolute Gasteiger partial charge is 0.376 e. The van der Waals surface area contributed by atoms with Crippen LogP contribution in [0.2, 0.25) is 0 Å². The molecular weight excluding hydrogens is 221 g/mol. The summed E-state index contributed by atoms with van der Waals surface area (Å²) in [6.07, 6.45) is 2.87. The molecule has 1 aliphatic heterocycles. The minimum Gasteiger partial charge on any atom is -0.376 e. The molecule has 2 rings (SSSR count). The fraction of sp³-hybridized carbons (Fsp3) is 0.462. The number of carbonyl (C=O) groups excluding carboxylic acids is 1. The molecular formula is C13H16FNO2. The maximum Gasteiger partial charge on any atom is 0.152 e. The molecule has 1 aliphatic rings. The van der Waals surface area contributed by atoms with Crippen molar-refractivity contribution in [3.05, 3.63) is 29.6 Å². The number of hydrogen-bond acceptors (Lipinski definition) is 3. The van der Waals surface area contributed by atoms with E-state index in [1.165, 1.54) is 6.07 Å². The van der Waals surface area contributed by atoms with E-state index in [-0.39, 0.29) is 11.9 Å². The van der Waals surface area contributed by atoms with Gasteiger partial charge in [0.1, 0.15) is 5.82 Å². The molecule has 92 valence electrons. The molecule has 1 atom stereocenters. The van der Waals surface area contributed by atoms with Crippen molar-refractivity contribution in [1.29, 1.82) is 0 Å². The molecule has 4 heteroatoms. The molecule has 0 saturated carbocycles. The van der Waals surface area contributed by atoms with E-state index in [4.69, 9.17) is 4.74 Å². The van der Waals surface area contributed by atoms with Crippen molar-refractivity contribution >= 4 is 12.0 Å². The van der Waals surface area contributed by atoms with Gasteiger partial charge in [0.05, 0.1) is 11.8 Å². The normalized spacial score (nSPS) is 19.3. The highest BCUT2D eigenvalue weighted by Gasteiger charge is 2.20. The van der Waals surface area contributed by atoms with Crippen LogP contribution < -0.4 is 4.90 Å². The van der Waals surface area contributed by atoms with E-state index in [0.717, 1.165) is 19.4 Å². The Kier molecular flexibility index (Phi) is 3.74. The van der Waals surface area contributed by atoms with Crippen LogP contribution in [0.3, 0.4) is 0 Å². The average Bonchev–Trinajstić information content (AvgIpc) is 2.81. The van der Waals surface area contributed by atoms with Crippen molar-refractivity contribution in [2.24, 2.45) is 0 Å². The SMILES string of the molecule is CN(CC1CCCO1)c1c(F)cccc1C=O. The van der Waals surface area contributed by atoms with Gasteiger partial charge in [0.2, 0.25) is 0 Å². The summed E-state index contributed by atoms with van der Waals surface area (Å²) in [6.45, 7) is 1.39. The molecule has 0 amide bonds. The number of halogens is 1. The van der Waals surface area contributed by atoms with E-state index in [1.54, 1.807) is 24.1 Å². The van der Waals surface area contributed by atoms with Crippen LogP contribution in [-0.4, -0.2) is 32.6 Å². The number of hydrogen-bond donors (Lipinski definition) is 0. The van der Waals surface area contributed by atoms with Gasteiger partial charge < -0.3 is 9.64 Å². The molecule has 1 fully saturated rings. The quantitative estimate of drug-likeness (QED) is 0.752. The summed E-state index contributed by atoms with van der Waals surface area (Å²) < 4.78 is 19.2. The summed E-state index contributed by atoms with van der Waals surface area (Å²) in [5.74, 6) is -0.366. The van der Waals surface area contributed by atoms with Crippen molar-refractivity contribution in [3.8, 4) is 0 Å². The lowest BCUT2D eigenvalue weighted by atomic mass is 10.1. The molecule has 1 aromatic carbocycles. The maximum absolute atomic E-state index is 13.7. The molecule has 1 aromatic rings. The van der Waals surface area contributed by atoms with Gasteiger partial charge in [0.15, 0.2) is 6.29 Å². The zero-order chi connectivity index (χ0) is 12.3. The van der Waals surface area contributed by atoms with Crippen molar-refractivity contribution < 1.29 is 13.9 Å². The Morgan fingerprint density at radius 3 is 3.06 bits per heavy atom. The third-order valence-corrected chi connectivity index (χ3v) is 3.03. The predicted molar refractivity (Wildman–Crippen MR) is 64.0 cm³/mol. The van der Waals surface area contributed by atoms with Gasteiger partial charge in [-0.3, -0.25) is 4.79 Å². The van der Waals surface area contributed by atoms with Crippen LogP contribution in [0.4, 0.5) is 10.1 Å². The number of anilines is 1. The molecule has 0 radical (unpaired) electrons. The molecule has 0 aromatic heterocycles. The molecule has 0 N–H and O–H groups in total. The van der Waals surface area contributed by atoms with Crippen molar-refractivity contribution in [2.45, 2.75) is 18.9 Å². The lowest BCUT2D eigenvalue weighted by molar-refractivity contribution is 0.111. The molecule has 0 spiro atoms. The van der Waals surface area contributed by atoms with Crippen LogP contribution in [-0.2, 0) is 4.74 Å². The molecule has 1 saturated heterocycles. The van der Waals surface area contributed by atoms with Crippen molar-refractivity contribution in [2.75, 3.05) is 25.1 Å². The topological polar surface area (TPSA) is 29.5 Å². The smallest absolute Gasteiger partial charge is 0.152 e. The highest BCUT2D eigenvalue weighted by Crippen LogP contribution is 2.24. The van der Waals surface area contributed by atoms with Gasteiger partial charge in [-0.15, -0.1) is 0 Å². The number of rotatable bonds is 4. The van der Waals surface area contributed by atoms with E-state index < -0.39 is 0 Å². The summed E-state index contributed by atoms with van der Waals surface area (Å²) in [5, 5.41) is 0. The highest BCUT2D eigenvalue weighted by molar-refractivity contribution is 5.84. The van der Waals surface area contributed by atoms with E-state index in [0.29, 0.717) is 24.1 Å². The summed E-state index contributed by atoms with van der Waals surface area (Å²) in [4.78, 5) is 12.7. The Hall–Kier alpha value is -1.42. The number of ether oxygens (including phenoxy) is 1. The molecule has 0 aliphatic carbocycles. The van der Waals surface area contributed by atoms with Gasteiger partial charge in [-0.05, 0) is 25.0 Å². The number of aldehydes is 1. The summed E-state index contributed by atoms with van der Waals surface area (Å²) in [5.41, 5.74) is 0.739. The Morgan fingerprint density at radius 1 is 1.59 bits per heavy atom. The van der Waals surface area contributed by atoms with Gasteiger partial charge in [-0.1, -0.05) is 6.07 Å². The summed E-state index contributed by atoms with van der Waals surface area (Å²) in [6, 6.07) is 4.54. The number of nitrogens with zero attached hydrogens (tertiary/aromatic N) is 1. The second-order valence-electron chi connectivity index (χ2n) is 4.31. The van der Waals surface area contributed by atoms with Gasteiger partial charge in [0.25, 0.3) is 0 Å². The monoisotopic (exact) mass is 237 g/mol.